The Kier molecular flexibility index (Phi) is 9.51. The number of allylic oxidation sites excluding steroid dienone is 1. The lowest BCUT2D eigenvalue weighted by atomic mass is 10.0. The number of aromatic nitrogens is 3. The molecule has 1 N–H and O–H groups in total. The minimum absolute atomic E-state index is 0.0210. The fourth-order valence-corrected chi connectivity index (χ4v) is 5.44. The van der Waals surface area contributed by atoms with Gasteiger partial charge in [-0.1, -0.05) is 30.0 Å². The number of nitrogens with one attached hydrogen (secondary N) is 1. The molecule has 4 rings (SSSR count). The van der Waals surface area contributed by atoms with Crippen molar-refractivity contribution in [3.05, 3.63) is 72.1 Å². The largest absolute Gasteiger partial charge is 0.497 e. The molecule has 0 aliphatic carbocycles. The number of benzene rings is 2. The summed E-state index contributed by atoms with van der Waals surface area (Å²) in [6.07, 6.45) is 1.65. The number of thioether (sulfide) groups is 1. The first-order valence-corrected chi connectivity index (χ1v) is 13.6. The van der Waals surface area contributed by atoms with Gasteiger partial charge in [-0.3, -0.25) is 9.36 Å². The predicted molar refractivity (Wildman–Crippen MR) is 149 cm³/mol. The molecule has 2 aromatic heterocycles. The van der Waals surface area contributed by atoms with Gasteiger partial charge in [0.25, 0.3) is 0 Å². The second-order valence-electron chi connectivity index (χ2n) is 8.02. The number of amides is 1. The standard InChI is InChI=1S/C27H24F2N4O5S2/c1-4-13-33-23(17-7-11-19(12-8-17)38-26(28)29)31-32-27(33)40-15-21(34)30-24-22(25(35)37-3)20(14-39-24)16-5-9-18(36-2)10-6-16/h4-12,14,26H,1,13,15H2,2-3H3,(H,30,34). The molecule has 9 nitrogen and oxygen atoms in total. The molecule has 0 atom stereocenters. The highest BCUT2D eigenvalue weighted by Crippen LogP contribution is 2.37. The highest BCUT2D eigenvalue weighted by atomic mass is 32.2. The third kappa shape index (κ3) is 6.66. The molecule has 0 unspecified atom stereocenters. The third-order valence-corrected chi connectivity index (χ3v) is 7.40. The summed E-state index contributed by atoms with van der Waals surface area (Å²) in [6, 6.07) is 13.2. The van der Waals surface area contributed by atoms with Crippen LogP contribution < -0.4 is 14.8 Å². The number of carbonyl (C=O) groups excluding carboxylic acids is 2. The van der Waals surface area contributed by atoms with Crippen molar-refractivity contribution in [1.82, 2.24) is 14.8 Å². The molecule has 2 heterocycles. The van der Waals surface area contributed by atoms with Crippen molar-refractivity contribution in [2.75, 3.05) is 25.3 Å². The molecular weight excluding hydrogens is 562 g/mol. The average molecular weight is 587 g/mol. The second kappa shape index (κ2) is 13.2. The van der Waals surface area contributed by atoms with Crippen LogP contribution in [0.4, 0.5) is 13.8 Å². The molecule has 0 saturated heterocycles. The number of carbonyl (C=O) groups is 2. The van der Waals surface area contributed by atoms with E-state index in [4.69, 9.17) is 9.47 Å². The molecule has 2 aromatic carbocycles. The number of rotatable bonds is 12. The van der Waals surface area contributed by atoms with Crippen molar-refractivity contribution in [2.45, 2.75) is 18.3 Å². The van der Waals surface area contributed by atoms with Crippen LogP contribution in [0.1, 0.15) is 10.4 Å². The maximum absolute atomic E-state index is 12.9. The van der Waals surface area contributed by atoms with E-state index in [0.717, 1.165) is 17.3 Å². The van der Waals surface area contributed by atoms with Crippen LogP contribution in [-0.2, 0) is 16.1 Å². The predicted octanol–water partition coefficient (Wildman–Crippen LogP) is 5.99. The van der Waals surface area contributed by atoms with Gasteiger partial charge in [0.1, 0.15) is 22.1 Å². The molecule has 0 fully saturated rings. The third-order valence-electron chi connectivity index (χ3n) is 5.53. The van der Waals surface area contributed by atoms with Crippen LogP contribution in [0.25, 0.3) is 22.5 Å². The molecular formula is C27H24F2N4O5S2. The number of alkyl halides is 2. The van der Waals surface area contributed by atoms with Gasteiger partial charge in [-0.2, -0.15) is 8.78 Å². The fraction of sp³-hybridized carbons (Fsp3) is 0.185. The first-order valence-electron chi connectivity index (χ1n) is 11.7. The number of ether oxygens (including phenoxy) is 3. The van der Waals surface area contributed by atoms with Gasteiger partial charge in [0.05, 0.1) is 20.0 Å². The molecule has 4 aromatic rings. The SMILES string of the molecule is C=CCn1c(SCC(=O)Nc2scc(-c3ccc(OC)cc3)c2C(=O)OC)nnc1-c1ccc(OC(F)F)cc1. The molecule has 0 aliphatic heterocycles. The number of nitrogens with zero attached hydrogens (tertiary/aromatic N) is 3. The van der Waals surface area contributed by atoms with Gasteiger partial charge in [0, 0.05) is 23.1 Å². The highest BCUT2D eigenvalue weighted by molar-refractivity contribution is 7.99. The Morgan fingerprint density at radius 1 is 1.07 bits per heavy atom. The Balaban J connectivity index is 1.49. The summed E-state index contributed by atoms with van der Waals surface area (Å²) >= 11 is 2.36. The van der Waals surface area contributed by atoms with Crippen LogP contribution in [-0.4, -0.2) is 53.2 Å². The summed E-state index contributed by atoms with van der Waals surface area (Å²) in [5.41, 5.74) is 2.28. The lowest BCUT2D eigenvalue weighted by molar-refractivity contribution is -0.113. The molecule has 13 heteroatoms. The van der Waals surface area contributed by atoms with Gasteiger partial charge in [-0.15, -0.1) is 28.1 Å². The summed E-state index contributed by atoms with van der Waals surface area (Å²) in [5, 5.41) is 13.8. The Labute approximate surface area is 236 Å². The van der Waals surface area contributed by atoms with Crippen molar-refractivity contribution in [3.8, 4) is 34.0 Å². The van der Waals surface area contributed by atoms with E-state index in [9.17, 15) is 18.4 Å². The Bertz CT molecular complexity index is 1490. The summed E-state index contributed by atoms with van der Waals surface area (Å²) in [4.78, 5) is 25.5. The molecule has 0 radical (unpaired) electrons. The minimum Gasteiger partial charge on any atom is -0.497 e. The van der Waals surface area contributed by atoms with E-state index >= 15 is 0 Å². The summed E-state index contributed by atoms with van der Waals surface area (Å²) in [6.45, 7) is 1.19. The smallest absolute Gasteiger partial charge is 0.387 e. The second-order valence-corrected chi connectivity index (χ2v) is 9.84. The van der Waals surface area contributed by atoms with Crippen molar-refractivity contribution in [1.29, 1.82) is 0 Å². The van der Waals surface area contributed by atoms with Crippen LogP contribution in [0.3, 0.4) is 0 Å². The first kappa shape index (κ1) is 28.8. The van der Waals surface area contributed by atoms with Gasteiger partial charge in [-0.05, 0) is 42.0 Å². The Morgan fingerprint density at radius 3 is 2.38 bits per heavy atom. The monoisotopic (exact) mass is 586 g/mol. The van der Waals surface area contributed by atoms with E-state index in [1.807, 2.05) is 12.1 Å². The first-order chi connectivity index (χ1) is 19.3. The minimum atomic E-state index is -2.92. The quantitative estimate of drug-likeness (QED) is 0.123. The van der Waals surface area contributed by atoms with Crippen LogP contribution in [0.15, 0.2) is 71.7 Å². The topological polar surface area (TPSA) is 105 Å². The Hall–Kier alpha value is -4.23. The summed E-state index contributed by atoms with van der Waals surface area (Å²) in [5.74, 6) is 0.218. The lowest BCUT2D eigenvalue weighted by Gasteiger charge is -2.10. The number of esters is 1. The number of halogens is 2. The molecule has 0 spiro atoms. The number of hydrogen-bond acceptors (Lipinski definition) is 9. The van der Waals surface area contributed by atoms with Crippen molar-refractivity contribution in [3.63, 3.8) is 0 Å². The van der Waals surface area contributed by atoms with E-state index in [1.54, 1.807) is 47.4 Å². The van der Waals surface area contributed by atoms with Crippen molar-refractivity contribution in [2.24, 2.45) is 0 Å². The van der Waals surface area contributed by atoms with Gasteiger partial charge in [-0.25, -0.2) is 4.79 Å². The van der Waals surface area contributed by atoms with Crippen LogP contribution in [0, 0.1) is 0 Å². The maximum atomic E-state index is 12.9. The molecule has 208 valence electrons. The van der Waals surface area contributed by atoms with Crippen LogP contribution >= 0.6 is 23.1 Å². The van der Waals surface area contributed by atoms with Crippen molar-refractivity contribution < 1.29 is 32.6 Å². The van der Waals surface area contributed by atoms with E-state index in [-0.39, 0.29) is 23.0 Å². The molecule has 0 bridgehead atoms. The van der Waals surface area contributed by atoms with Gasteiger partial charge in [0.15, 0.2) is 11.0 Å². The van der Waals surface area contributed by atoms with E-state index in [2.05, 4.69) is 26.8 Å². The number of thiophene rings is 1. The number of hydrogen-bond donors (Lipinski definition) is 1. The zero-order chi connectivity index (χ0) is 28.6. The summed E-state index contributed by atoms with van der Waals surface area (Å²) < 4.78 is 41.2. The zero-order valence-electron chi connectivity index (χ0n) is 21.4. The van der Waals surface area contributed by atoms with E-state index in [1.165, 1.54) is 30.6 Å². The molecule has 0 aliphatic rings. The van der Waals surface area contributed by atoms with Gasteiger partial charge >= 0.3 is 12.6 Å². The lowest BCUT2D eigenvalue weighted by Crippen LogP contribution is -2.16. The van der Waals surface area contributed by atoms with Crippen molar-refractivity contribution >= 4 is 40.0 Å². The molecule has 40 heavy (non-hydrogen) atoms. The zero-order valence-corrected chi connectivity index (χ0v) is 23.1. The Morgan fingerprint density at radius 2 is 1.75 bits per heavy atom. The van der Waals surface area contributed by atoms with E-state index in [0.29, 0.717) is 39.4 Å². The fourth-order valence-electron chi connectivity index (χ4n) is 3.72. The number of methoxy groups -OCH3 is 2. The van der Waals surface area contributed by atoms with Crippen LogP contribution in [0.2, 0.25) is 0 Å². The summed E-state index contributed by atoms with van der Waals surface area (Å²) in [7, 11) is 2.85. The van der Waals surface area contributed by atoms with Gasteiger partial charge in [0.2, 0.25) is 5.91 Å². The molecule has 0 saturated carbocycles. The maximum Gasteiger partial charge on any atom is 0.387 e. The number of anilines is 1. The normalized spacial score (nSPS) is 10.8. The molecule has 1 amide bonds. The average Bonchev–Trinajstić information content (AvgIpc) is 3.56. The van der Waals surface area contributed by atoms with Gasteiger partial charge < -0.3 is 19.5 Å². The highest BCUT2D eigenvalue weighted by Gasteiger charge is 2.23. The van der Waals surface area contributed by atoms with Crippen LogP contribution in [0.5, 0.6) is 11.5 Å². The van der Waals surface area contributed by atoms with E-state index < -0.39 is 12.6 Å².